The van der Waals surface area contributed by atoms with Crippen LogP contribution in [0.15, 0.2) is 60.8 Å². The number of aliphatic hydroxyl groups excluding tert-OH is 1. The molecule has 2 unspecified atom stereocenters. The third-order valence-electron chi connectivity index (χ3n) is 16.5. The molecule has 0 bridgehead atoms. The second kappa shape index (κ2) is 70.2. The number of esters is 4. The second-order valence-corrected chi connectivity index (χ2v) is 28.9. The van der Waals surface area contributed by atoms with Gasteiger partial charge in [0.2, 0.25) is 0 Å². The van der Waals surface area contributed by atoms with Gasteiger partial charge in [0.05, 0.1) is 26.4 Å². The number of hydrogen-bond acceptors (Lipinski definition) is 15. The molecule has 0 aliphatic carbocycles. The van der Waals surface area contributed by atoms with Crippen molar-refractivity contribution in [3.05, 3.63) is 60.8 Å². The summed E-state index contributed by atoms with van der Waals surface area (Å²) in [6.45, 7) is 4.82. The number of allylic oxidation sites excluding steroid dienone is 10. The minimum Gasteiger partial charge on any atom is -0.462 e. The van der Waals surface area contributed by atoms with Crippen LogP contribution in [0.2, 0.25) is 0 Å². The quantitative estimate of drug-likeness (QED) is 0.0128. The van der Waals surface area contributed by atoms with Crippen molar-refractivity contribution in [2.24, 2.45) is 0 Å². The summed E-state index contributed by atoms with van der Waals surface area (Å²) in [7, 11) is -9.94. The normalized spacial score (nSPS) is 14.3. The van der Waals surface area contributed by atoms with Crippen LogP contribution in [0.1, 0.15) is 349 Å². The van der Waals surface area contributed by atoms with Gasteiger partial charge >= 0.3 is 39.5 Å². The zero-order valence-electron chi connectivity index (χ0n) is 61.1. The SMILES string of the molecule is CCCCC/C=C\C/C=C\CCCCCCCC(=O)OC[C@H](COP(=O)(O)OC[C@@H](O)COP(=O)(O)OC[C@@H](COC(=O)CCCCCCC/C=C\CCCCCC)OC(=O)CCCCCCC/C=C\C=C/CCCCCC)OC(=O)CCCCCCCCCCCCCCC. The Bertz CT molecular complexity index is 2060. The molecule has 0 aromatic carbocycles. The van der Waals surface area contributed by atoms with Crippen molar-refractivity contribution in [1.82, 2.24) is 0 Å². The highest BCUT2D eigenvalue weighted by Crippen LogP contribution is 2.45. The maximum atomic E-state index is 13.1. The Hall–Kier alpha value is -3.24. The van der Waals surface area contributed by atoms with Gasteiger partial charge in [0.15, 0.2) is 12.2 Å². The topological polar surface area (TPSA) is 237 Å². The summed E-state index contributed by atoms with van der Waals surface area (Å²) in [5.74, 6) is -2.19. The number of carbonyl (C=O) groups excluding carboxylic acids is 4. The maximum Gasteiger partial charge on any atom is 0.472 e. The van der Waals surface area contributed by atoms with E-state index >= 15 is 0 Å². The number of carbonyl (C=O) groups is 4. The van der Waals surface area contributed by atoms with Crippen molar-refractivity contribution in [3.8, 4) is 0 Å². The fourth-order valence-electron chi connectivity index (χ4n) is 10.5. The Balaban J connectivity index is 5.34. The molecule has 0 saturated heterocycles. The van der Waals surface area contributed by atoms with Gasteiger partial charge in [-0.05, 0) is 109 Å². The monoisotopic (exact) mass is 1400 g/mol. The smallest absolute Gasteiger partial charge is 0.462 e. The summed E-state index contributed by atoms with van der Waals surface area (Å²) in [5.41, 5.74) is 0. The first kappa shape index (κ1) is 92.8. The first-order valence-corrected chi connectivity index (χ1v) is 41.5. The first-order chi connectivity index (χ1) is 46.7. The van der Waals surface area contributed by atoms with Crippen molar-refractivity contribution >= 4 is 39.5 Å². The molecule has 19 heteroatoms. The van der Waals surface area contributed by atoms with Gasteiger partial charge < -0.3 is 33.8 Å². The van der Waals surface area contributed by atoms with Crippen LogP contribution < -0.4 is 0 Å². The van der Waals surface area contributed by atoms with Crippen LogP contribution in [0.25, 0.3) is 0 Å². The van der Waals surface area contributed by atoms with E-state index in [0.717, 1.165) is 148 Å². The van der Waals surface area contributed by atoms with Gasteiger partial charge in [0, 0.05) is 25.7 Å². The predicted octanol–water partition coefficient (Wildman–Crippen LogP) is 21.9. The number of ether oxygens (including phenoxy) is 4. The molecule has 3 N–H and O–H groups in total. The van der Waals surface area contributed by atoms with E-state index in [-0.39, 0.29) is 25.7 Å². The summed E-state index contributed by atoms with van der Waals surface area (Å²) < 4.78 is 68.5. The van der Waals surface area contributed by atoms with E-state index < -0.39 is 97.5 Å². The summed E-state index contributed by atoms with van der Waals surface area (Å²) >= 11 is 0. The van der Waals surface area contributed by atoms with Gasteiger partial charge in [0.1, 0.15) is 19.3 Å². The van der Waals surface area contributed by atoms with Crippen LogP contribution in [0.4, 0.5) is 0 Å². The molecule has 0 saturated carbocycles. The molecule has 17 nitrogen and oxygen atoms in total. The highest BCUT2D eigenvalue weighted by molar-refractivity contribution is 7.47. The Morgan fingerprint density at radius 1 is 0.302 bits per heavy atom. The van der Waals surface area contributed by atoms with Crippen LogP contribution in [0.5, 0.6) is 0 Å². The first-order valence-electron chi connectivity index (χ1n) is 38.5. The van der Waals surface area contributed by atoms with E-state index in [9.17, 15) is 43.2 Å². The van der Waals surface area contributed by atoms with E-state index in [2.05, 4.69) is 88.5 Å². The molecule has 0 aromatic rings. The van der Waals surface area contributed by atoms with Crippen LogP contribution in [0.3, 0.4) is 0 Å². The molecular formula is C77H140O17P2. The lowest BCUT2D eigenvalue weighted by molar-refractivity contribution is -0.161. The average molecular weight is 1400 g/mol. The maximum absolute atomic E-state index is 13.1. The zero-order chi connectivity index (χ0) is 70.4. The third kappa shape index (κ3) is 69.2. The van der Waals surface area contributed by atoms with Crippen molar-refractivity contribution in [2.45, 2.75) is 367 Å². The van der Waals surface area contributed by atoms with Crippen LogP contribution in [-0.2, 0) is 65.4 Å². The van der Waals surface area contributed by atoms with E-state index in [1.54, 1.807) is 0 Å². The highest BCUT2D eigenvalue weighted by atomic mass is 31.2. The largest absolute Gasteiger partial charge is 0.472 e. The minimum atomic E-state index is -4.97. The van der Waals surface area contributed by atoms with Gasteiger partial charge in [0.25, 0.3) is 0 Å². The lowest BCUT2D eigenvalue weighted by Gasteiger charge is -2.21. The Labute approximate surface area is 584 Å². The van der Waals surface area contributed by atoms with Crippen molar-refractivity contribution in [1.29, 1.82) is 0 Å². The number of unbranched alkanes of at least 4 members (excludes halogenated alkanes) is 38. The van der Waals surface area contributed by atoms with Crippen LogP contribution in [0, 0.1) is 0 Å². The van der Waals surface area contributed by atoms with Gasteiger partial charge in [-0.25, -0.2) is 9.13 Å². The molecule has 0 fully saturated rings. The molecule has 0 radical (unpaired) electrons. The molecule has 0 heterocycles. The number of phosphoric acid groups is 2. The van der Waals surface area contributed by atoms with Gasteiger partial charge in [-0.1, -0.05) is 275 Å². The van der Waals surface area contributed by atoms with E-state index in [1.165, 1.54) is 122 Å². The van der Waals surface area contributed by atoms with Crippen LogP contribution in [-0.4, -0.2) is 96.7 Å². The summed E-state index contributed by atoms with van der Waals surface area (Å²) in [4.78, 5) is 72.8. The molecule has 560 valence electrons. The Kier molecular flexibility index (Phi) is 67.8. The van der Waals surface area contributed by atoms with E-state index in [0.29, 0.717) is 25.7 Å². The lowest BCUT2D eigenvalue weighted by Crippen LogP contribution is -2.30. The number of hydrogen-bond donors (Lipinski definition) is 3. The minimum absolute atomic E-state index is 0.0794. The molecule has 0 aliphatic rings. The van der Waals surface area contributed by atoms with Crippen molar-refractivity contribution < 1.29 is 80.2 Å². The average Bonchev–Trinajstić information content (AvgIpc) is 1.17. The Morgan fingerprint density at radius 3 is 0.875 bits per heavy atom. The van der Waals surface area contributed by atoms with E-state index in [1.807, 2.05) is 0 Å². The van der Waals surface area contributed by atoms with Crippen LogP contribution >= 0.6 is 15.6 Å². The number of rotatable bonds is 73. The molecular weight excluding hydrogens is 1260 g/mol. The van der Waals surface area contributed by atoms with Gasteiger partial charge in [-0.2, -0.15) is 0 Å². The predicted molar refractivity (Wildman–Crippen MR) is 390 cm³/mol. The third-order valence-corrected chi connectivity index (χ3v) is 18.4. The number of aliphatic hydroxyl groups is 1. The molecule has 96 heavy (non-hydrogen) atoms. The molecule has 5 atom stereocenters. The molecule has 0 aliphatic heterocycles. The van der Waals surface area contributed by atoms with Gasteiger partial charge in [-0.15, -0.1) is 0 Å². The molecule has 0 rings (SSSR count). The molecule has 0 amide bonds. The fraction of sp³-hybridized carbons (Fsp3) is 0.818. The van der Waals surface area contributed by atoms with Crippen molar-refractivity contribution in [3.63, 3.8) is 0 Å². The molecule has 0 spiro atoms. The zero-order valence-corrected chi connectivity index (χ0v) is 62.8. The van der Waals surface area contributed by atoms with Crippen molar-refractivity contribution in [2.75, 3.05) is 39.6 Å². The number of phosphoric ester groups is 2. The summed E-state index contributed by atoms with van der Waals surface area (Å²) in [6, 6.07) is 0. The second-order valence-electron chi connectivity index (χ2n) is 26.0. The van der Waals surface area contributed by atoms with Gasteiger partial charge in [-0.3, -0.25) is 37.3 Å². The fourth-order valence-corrected chi connectivity index (χ4v) is 12.1. The summed E-state index contributed by atoms with van der Waals surface area (Å²) in [5, 5.41) is 10.6. The standard InChI is InChI=1S/C77H140O17P2/c1-5-9-13-17-21-25-29-33-35-39-42-46-50-54-58-62-75(80)88-68-72(93-76(81)63-59-55-51-47-43-38-32-28-24-20-16-12-8-4)69-91-95(83,84)89-65-71(78)66-90-96(85,86)92-70-73(67-87-74(79)61-57-53-49-45-41-37-31-27-23-19-15-11-7-3)94-77(82)64-60-56-52-48-44-40-36-34-30-26-22-18-14-10-6-2/h21,25-27,30-31,33-36,71-73,78H,5-20,22-24,28-29,32,37-70H2,1-4H3,(H,83,84)(H,85,86)/b25-21-,30-26-,31-27-,35-33-,36-34-/t71-,72-,73-/m1/s1. The molecule has 0 aromatic heterocycles. The lowest BCUT2D eigenvalue weighted by atomic mass is 10.0. The summed E-state index contributed by atoms with van der Waals surface area (Å²) in [6.07, 6.45) is 67.7. The Morgan fingerprint density at radius 2 is 0.542 bits per heavy atom. The van der Waals surface area contributed by atoms with E-state index in [4.69, 9.17) is 37.0 Å². The highest BCUT2D eigenvalue weighted by Gasteiger charge is 2.30.